The van der Waals surface area contributed by atoms with Crippen molar-refractivity contribution in [1.82, 2.24) is 9.78 Å². The summed E-state index contributed by atoms with van der Waals surface area (Å²) in [6.07, 6.45) is 1.01. The lowest BCUT2D eigenvalue weighted by atomic mass is 10.1. The molecule has 0 unspecified atom stereocenters. The van der Waals surface area contributed by atoms with Crippen LogP contribution in [-0.4, -0.2) is 28.1 Å². The number of nitrogens with one attached hydrogen (secondary N) is 1. The first kappa shape index (κ1) is 17.1. The molecule has 1 aliphatic heterocycles. The van der Waals surface area contributed by atoms with Crippen LogP contribution >= 0.6 is 0 Å². The van der Waals surface area contributed by atoms with Crippen LogP contribution in [0.2, 0.25) is 0 Å². The molecule has 0 radical (unpaired) electrons. The van der Waals surface area contributed by atoms with E-state index in [1.807, 2.05) is 6.92 Å². The van der Waals surface area contributed by atoms with Gasteiger partial charge in [0.05, 0.1) is 5.69 Å². The molecular weight excluding hydrogens is 330 g/mol. The van der Waals surface area contributed by atoms with Crippen molar-refractivity contribution in [2.75, 3.05) is 16.8 Å². The van der Waals surface area contributed by atoms with E-state index >= 15 is 0 Å². The second-order valence-corrected chi connectivity index (χ2v) is 5.95. The van der Waals surface area contributed by atoms with E-state index in [0.29, 0.717) is 5.82 Å². The molecule has 8 heteroatoms. The van der Waals surface area contributed by atoms with E-state index in [0.717, 1.165) is 30.3 Å². The molecule has 6 nitrogen and oxygen atoms in total. The van der Waals surface area contributed by atoms with Crippen molar-refractivity contribution in [2.24, 2.45) is 13.0 Å². The van der Waals surface area contributed by atoms with Crippen molar-refractivity contribution >= 4 is 23.3 Å². The summed E-state index contributed by atoms with van der Waals surface area (Å²) in [7, 11) is 1.70. The van der Waals surface area contributed by atoms with Crippen LogP contribution in [0.5, 0.6) is 0 Å². The van der Waals surface area contributed by atoms with Gasteiger partial charge in [-0.05, 0) is 25.0 Å². The first-order chi connectivity index (χ1) is 11.9. The standard InChI is InChI=1S/C17H18F2N4O2/c1-3-12-9-15(22(2)21-12)20-16(24)14-4-5-23(17(14)25)13-7-10(18)6-11(19)8-13/h6-9,14H,3-5H2,1-2H3,(H,20,24)/t14-/m0/s1. The summed E-state index contributed by atoms with van der Waals surface area (Å²) in [5.41, 5.74) is 0.944. The summed E-state index contributed by atoms with van der Waals surface area (Å²) in [5, 5.41) is 6.93. The summed E-state index contributed by atoms with van der Waals surface area (Å²) in [4.78, 5) is 26.2. The third-order valence-corrected chi connectivity index (χ3v) is 4.22. The minimum Gasteiger partial charge on any atom is -0.311 e. The van der Waals surface area contributed by atoms with Crippen molar-refractivity contribution in [3.05, 3.63) is 41.6 Å². The van der Waals surface area contributed by atoms with Crippen LogP contribution in [0.3, 0.4) is 0 Å². The van der Waals surface area contributed by atoms with Gasteiger partial charge in [0.15, 0.2) is 0 Å². The van der Waals surface area contributed by atoms with E-state index in [2.05, 4.69) is 10.4 Å². The summed E-state index contributed by atoms with van der Waals surface area (Å²) in [5.74, 6) is -2.85. The number of hydrogen-bond acceptors (Lipinski definition) is 3. The van der Waals surface area contributed by atoms with Crippen LogP contribution in [-0.2, 0) is 23.1 Å². The molecule has 132 valence electrons. The predicted octanol–water partition coefficient (Wildman–Crippen LogP) is 2.25. The number of hydrogen-bond donors (Lipinski definition) is 1. The fraction of sp³-hybridized carbons (Fsp3) is 0.353. The number of benzene rings is 1. The van der Waals surface area contributed by atoms with Crippen LogP contribution in [0.25, 0.3) is 0 Å². The van der Waals surface area contributed by atoms with E-state index in [1.54, 1.807) is 13.1 Å². The Morgan fingerprint density at radius 2 is 1.96 bits per heavy atom. The van der Waals surface area contributed by atoms with Crippen LogP contribution in [0.15, 0.2) is 24.3 Å². The van der Waals surface area contributed by atoms with Gasteiger partial charge in [0.1, 0.15) is 23.4 Å². The third kappa shape index (κ3) is 3.38. The molecule has 0 aliphatic carbocycles. The predicted molar refractivity (Wildman–Crippen MR) is 88.0 cm³/mol. The lowest BCUT2D eigenvalue weighted by molar-refractivity contribution is -0.129. The molecule has 1 atom stereocenters. The van der Waals surface area contributed by atoms with Crippen molar-refractivity contribution in [2.45, 2.75) is 19.8 Å². The molecule has 2 amide bonds. The maximum atomic E-state index is 13.4. The Bertz CT molecular complexity index is 814. The third-order valence-electron chi connectivity index (χ3n) is 4.22. The molecule has 0 saturated carbocycles. The van der Waals surface area contributed by atoms with Crippen molar-refractivity contribution < 1.29 is 18.4 Å². The summed E-state index contributed by atoms with van der Waals surface area (Å²) in [6, 6.07) is 4.64. The fourth-order valence-corrected chi connectivity index (χ4v) is 2.90. The summed E-state index contributed by atoms with van der Waals surface area (Å²) in [6.45, 7) is 2.18. The van der Waals surface area contributed by atoms with Gasteiger partial charge in [-0.15, -0.1) is 0 Å². The molecule has 25 heavy (non-hydrogen) atoms. The second kappa shape index (κ2) is 6.62. The van der Waals surface area contributed by atoms with Gasteiger partial charge in [0.25, 0.3) is 0 Å². The highest BCUT2D eigenvalue weighted by Crippen LogP contribution is 2.27. The number of carbonyl (C=O) groups is 2. The smallest absolute Gasteiger partial charge is 0.239 e. The molecule has 1 fully saturated rings. The molecule has 2 heterocycles. The van der Waals surface area contributed by atoms with Crippen molar-refractivity contribution in [3.8, 4) is 0 Å². The normalized spacial score (nSPS) is 17.2. The first-order valence-electron chi connectivity index (χ1n) is 8.00. The van der Waals surface area contributed by atoms with Gasteiger partial charge in [-0.3, -0.25) is 14.3 Å². The average Bonchev–Trinajstić information content (AvgIpc) is 3.09. The topological polar surface area (TPSA) is 67.2 Å². The Kier molecular flexibility index (Phi) is 4.52. The number of carbonyl (C=O) groups excluding carboxylic acids is 2. The number of nitrogens with zero attached hydrogens (tertiary/aromatic N) is 3. The zero-order valence-corrected chi connectivity index (χ0v) is 13.9. The molecule has 3 rings (SSSR count). The zero-order chi connectivity index (χ0) is 18.1. The van der Waals surface area contributed by atoms with Crippen LogP contribution in [0.1, 0.15) is 19.0 Å². The highest BCUT2D eigenvalue weighted by Gasteiger charge is 2.38. The van der Waals surface area contributed by atoms with Gasteiger partial charge >= 0.3 is 0 Å². The van der Waals surface area contributed by atoms with E-state index in [-0.39, 0.29) is 18.7 Å². The molecule has 0 spiro atoms. The lowest BCUT2D eigenvalue weighted by Crippen LogP contribution is -2.33. The summed E-state index contributed by atoms with van der Waals surface area (Å²) >= 11 is 0. The van der Waals surface area contributed by atoms with E-state index in [4.69, 9.17) is 0 Å². The molecule has 1 saturated heterocycles. The number of amides is 2. The molecule has 1 N–H and O–H groups in total. The van der Waals surface area contributed by atoms with E-state index in [9.17, 15) is 18.4 Å². The number of anilines is 2. The minimum absolute atomic E-state index is 0.117. The van der Waals surface area contributed by atoms with Gasteiger partial charge in [0, 0.05) is 31.4 Å². The number of rotatable bonds is 4. The second-order valence-electron chi connectivity index (χ2n) is 5.95. The van der Waals surface area contributed by atoms with Gasteiger partial charge in [-0.25, -0.2) is 8.78 Å². The van der Waals surface area contributed by atoms with Crippen molar-refractivity contribution in [3.63, 3.8) is 0 Å². The number of aryl methyl sites for hydroxylation is 2. The van der Waals surface area contributed by atoms with Gasteiger partial charge in [-0.2, -0.15) is 5.10 Å². The fourth-order valence-electron chi connectivity index (χ4n) is 2.90. The molecule has 1 aliphatic rings. The molecular formula is C17H18F2N4O2. The van der Waals surface area contributed by atoms with E-state index in [1.165, 1.54) is 9.58 Å². The lowest BCUT2D eigenvalue weighted by Gasteiger charge is -2.17. The molecule has 1 aromatic carbocycles. The Morgan fingerprint density at radius 1 is 1.28 bits per heavy atom. The minimum atomic E-state index is -0.897. The van der Waals surface area contributed by atoms with Gasteiger partial charge < -0.3 is 10.2 Å². The maximum absolute atomic E-state index is 13.4. The van der Waals surface area contributed by atoms with Crippen molar-refractivity contribution in [1.29, 1.82) is 0 Å². The monoisotopic (exact) mass is 348 g/mol. The van der Waals surface area contributed by atoms with Gasteiger partial charge in [0.2, 0.25) is 11.8 Å². The first-order valence-corrected chi connectivity index (χ1v) is 8.00. The largest absolute Gasteiger partial charge is 0.311 e. The van der Waals surface area contributed by atoms with Gasteiger partial charge in [-0.1, -0.05) is 6.92 Å². The van der Waals surface area contributed by atoms with Crippen LogP contribution in [0, 0.1) is 17.6 Å². The quantitative estimate of drug-likeness (QED) is 0.862. The van der Waals surface area contributed by atoms with E-state index < -0.39 is 29.4 Å². The van der Waals surface area contributed by atoms with Crippen LogP contribution < -0.4 is 10.2 Å². The Labute approximate surface area is 143 Å². The SMILES string of the molecule is CCc1cc(NC(=O)[C@@H]2CCN(c3cc(F)cc(F)c3)C2=O)n(C)n1. The Hall–Kier alpha value is -2.77. The number of aromatic nitrogens is 2. The highest BCUT2D eigenvalue weighted by molar-refractivity contribution is 6.13. The number of halogens is 2. The Morgan fingerprint density at radius 3 is 2.56 bits per heavy atom. The molecule has 0 bridgehead atoms. The zero-order valence-electron chi connectivity index (χ0n) is 13.9. The Balaban J connectivity index is 1.74. The molecule has 1 aromatic heterocycles. The van der Waals surface area contributed by atoms with Crippen LogP contribution in [0.4, 0.5) is 20.3 Å². The highest BCUT2D eigenvalue weighted by atomic mass is 19.1. The maximum Gasteiger partial charge on any atom is 0.239 e. The molecule has 2 aromatic rings. The average molecular weight is 348 g/mol. The summed E-state index contributed by atoms with van der Waals surface area (Å²) < 4.78 is 28.3.